The van der Waals surface area contributed by atoms with Gasteiger partial charge in [-0.25, -0.2) is 22.6 Å². The highest BCUT2D eigenvalue weighted by Gasteiger charge is 2.27. The van der Waals surface area contributed by atoms with Crippen molar-refractivity contribution in [2.24, 2.45) is 0 Å². The third-order valence-electron chi connectivity index (χ3n) is 2.44. The van der Waals surface area contributed by atoms with Crippen molar-refractivity contribution in [2.75, 3.05) is 5.73 Å². The second-order valence-corrected chi connectivity index (χ2v) is 4.33. The van der Waals surface area contributed by atoms with Crippen LogP contribution in [0.1, 0.15) is 10.4 Å². The fourth-order valence-electron chi connectivity index (χ4n) is 1.48. The third kappa shape index (κ3) is 1.97. The molecule has 0 aliphatic heterocycles. The molecule has 5 nitrogen and oxygen atoms in total. The molecule has 0 unspecified atom stereocenters. The second-order valence-electron chi connectivity index (χ2n) is 3.58. The van der Waals surface area contributed by atoms with Crippen LogP contribution in [0.3, 0.4) is 0 Å². The minimum atomic E-state index is -1.68. The van der Waals surface area contributed by atoms with Gasteiger partial charge in [0.1, 0.15) is 27.1 Å². The summed E-state index contributed by atoms with van der Waals surface area (Å²) in [5.41, 5.74) is 4.09. The first-order valence-corrected chi connectivity index (χ1v) is 5.61. The Hall–Kier alpha value is -1.93. The standard InChI is InChI=1S/C10H4Cl2F3N3O2/c11-3-5(13)4(12)8(7(15)6(3)14)18-9(16)2(1-17-18)10(19)20/h1H,16H2,(H,19,20). The quantitative estimate of drug-likeness (QED) is 0.657. The molecule has 1 aromatic heterocycles. The fraction of sp³-hybridized carbons (Fsp3) is 0. The topological polar surface area (TPSA) is 81.1 Å². The molecule has 0 aliphatic carbocycles. The molecule has 0 spiro atoms. The maximum atomic E-state index is 13.8. The Bertz CT molecular complexity index is 704. The number of carbonyl (C=O) groups is 1. The van der Waals surface area contributed by atoms with Crippen molar-refractivity contribution in [1.82, 2.24) is 9.78 Å². The summed E-state index contributed by atoms with van der Waals surface area (Å²) < 4.78 is 41.2. The Morgan fingerprint density at radius 2 is 1.80 bits per heavy atom. The molecule has 10 heteroatoms. The van der Waals surface area contributed by atoms with Gasteiger partial charge in [0.15, 0.2) is 17.5 Å². The number of hydrogen-bond acceptors (Lipinski definition) is 3. The Labute approximate surface area is 119 Å². The summed E-state index contributed by atoms with van der Waals surface area (Å²) >= 11 is 10.8. The number of carboxylic acids is 1. The number of carboxylic acid groups (broad SMARTS) is 1. The Kier molecular flexibility index (Phi) is 3.53. The lowest BCUT2D eigenvalue weighted by Crippen LogP contribution is -2.10. The molecule has 0 amide bonds. The van der Waals surface area contributed by atoms with Gasteiger partial charge in [-0.05, 0) is 0 Å². The van der Waals surface area contributed by atoms with Crippen LogP contribution in [0.2, 0.25) is 10.0 Å². The van der Waals surface area contributed by atoms with Gasteiger partial charge < -0.3 is 10.8 Å². The van der Waals surface area contributed by atoms with Gasteiger partial charge in [0.25, 0.3) is 0 Å². The average Bonchev–Trinajstić information content (AvgIpc) is 2.77. The largest absolute Gasteiger partial charge is 0.477 e. The van der Waals surface area contributed by atoms with Crippen LogP contribution in [-0.4, -0.2) is 20.9 Å². The number of aromatic carboxylic acids is 1. The van der Waals surface area contributed by atoms with Gasteiger partial charge in [0.2, 0.25) is 0 Å². The van der Waals surface area contributed by atoms with E-state index in [9.17, 15) is 18.0 Å². The predicted molar refractivity (Wildman–Crippen MR) is 64.8 cm³/mol. The maximum absolute atomic E-state index is 13.8. The number of nitrogens with two attached hydrogens (primary N) is 1. The molecule has 20 heavy (non-hydrogen) atoms. The van der Waals surface area contributed by atoms with Crippen LogP contribution in [0.5, 0.6) is 0 Å². The molecule has 1 aromatic carbocycles. The predicted octanol–water partition coefficient (Wildman–Crippen LogP) is 2.88. The summed E-state index contributed by atoms with van der Waals surface area (Å²) in [5, 5.41) is 10.2. The summed E-state index contributed by atoms with van der Waals surface area (Å²) in [6, 6.07) is 0. The number of rotatable bonds is 2. The van der Waals surface area contributed by atoms with Crippen LogP contribution >= 0.6 is 23.2 Å². The summed E-state index contributed by atoms with van der Waals surface area (Å²) in [5.74, 6) is -6.68. The lowest BCUT2D eigenvalue weighted by atomic mass is 10.2. The van der Waals surface area contributed by atoms with E-state index in [2.05, 4.69) is 5.10 Å². The van der Waals surface area contributed by atoms with Crippen LogP contribution in [0.25, 0.3) is 5.69 Å². The van der Waals surface area contributed by atoms with Crippen LogP contribution < -0.4 is 5.73 Å². The van der Waals surface area contributed by atoms with E-state index in [1.54, 1.807) is 0 Å². The van der Waals surface area contributed by atoms with E-state index < -0.39 is 50.5 Å². The highest BCUT2D eigenvalue weighted by Crippen LogP contribution is 2.35. The molecule has 0 atom stereocenters. The lowest BCUT2D eigenvalue weighted by Gasteiger charge is -2.11. The Morgan fingerprint density at radius 1 is 1.20 bits per heavy atom. The van der Waals surface area contributed by atoms with Crippen molar-refractivity contribution in [3.63, 3.8) is 0 Å². The number of benzene rings is 1. The molecule has 3 N–H and O–H groups in total. The first kappa shape index (κ1) is 14.5. The van der Waals surface area contributed by atoms with Crippen LogP contribution in [0, 0.1) is 17.5 Å². The molecule has 2 rings (SSSR count). The molecule has 0 fully saturated rings. The smallest absolute Gasteiger partial charge is 0.341 e. The van der Waals surface area contributed by atoms with E-state index in [1.807, 2.05) is 0 Å². The summed E-state index contributed by atoms with van der Waals surface area (Å²) in [4.78, 5) is 10.8. The molecule has 0 aliphatic rings. The van der Waals surface area contributed by atoms with Crippen LogP contribution in [0.4, 0.5) is 19.0 Å². The number of aromatic nitrogens is 2. The zero-order valence-electron chi connectivity index (χ0n) is 9.29. The minimum absolute atomic E-state index is 0.476. The van der Waals surface area contributed by atoms with Gasteiger partial charge in [-0.1, -0.05) is 23.2 Å². The molecule has 0 saturated heterocycles. The molecule has 2 aromatic rings. The molecule has 0 bridgehead atoms. The normalized spacial score (nSPS) is 10.8. The zero-order valence-corrected chi connectivity index (χ0v) is 10.8. The Balaban J connectivity index is 2.80. The van der Waals surface area contributed by atoms with Gasteiger partial charge in [-0.2, -0.15) is 5.10 Å². The van der Waals surface area contributed by atoms with Crippen LogP contribution in [-0.2, 0) is 0 Å². The number of nitrogen functional groups attached to an aromatic ring is 1. The SMILES string of the molecule is Nc1c(C(=O)O)cnn1-c1c(F)c(F)c(Cl)c(F)c1Cl. The molecular formula is C10H4Cl2F3N3O2. The Morgan fingerprint density at radius 3 is 2.30 bits per heavy atom. The maximum Gasteiger partial charge on any atom is 0.341 e. The van der Waals surface area contributed by atoms with Crippen molar-refractivity contribution >= 4 is 35.0 Å². The fourth-order valence-corrected chi connectivity index (χ4v) is 1.96. The average molecular weight is 326 g/mol. The summed E-state index contributed by atoms with van der Waals surface area (Å²) in [7, 11) is 0. The summed E-state index contributed by atoms with van der Waals surface area (Å²) in [6.07, 6.45) is 0.790. The molecule has 0 saturated carbocycles. The zero-order chi connectivity index (χ0) is 15.2. The van der Waals surface area contributed by atoms with Gasteiger partial charge in [-0.3, -0.25) is 0 Å². The van der Waals surface area contributed by atoms with E-state index in [0.29, 0.717) is 4.68 Å². The molecule has 1 heterocycles. The number of halogens is 5. The van der Waals surface area contributed by atoms with Crippen molar-refractivity contribution in [1.29, 1.82) is 0 Å². The van der Waals surface area contributed by atoms with E-state index in [-0.39, 0.29) is 0 Å². The van der Waals surface area contributed by atoms with E-state index in [4.69, 9.17) is 34.0 Å². The van der Waals surface area contributed by atoms with E-state index in [0.717, 1.165) is 6.20 Å². The highest BCUT2D eigenvalue weighted by molar-refractivity contribution is 6.36. The van der Waals surface area contributed by atoms with Gasteiger partial charge in [-0.15, -0.1) is 0 Å². The number of nitrogens with zero attached hydrogens (tertiary/aromatic N) is 2. The minimum Gasteiger partial charge on any atom is -0.477 e. The first-order chi connectivity index (χ1) is 9.27. The third-order valence-corrected chi connectivity index (χ3v) is 3.11. The van der Waals surface area contributed by atoms with E-state index >= 15 is 0 Å². The number of anilines is 1. The highest BCUT2D eigenvalue weighted by atomic mass is 35.5. The van der Waals surface area contributed by atoms with Gasteiger partial charge in [0, 0.05) is 0 Å². The first-order valence-electron chi connectivity index (χ1n) is 4.86. The van der Waals surface area contributed by atoms with Gasteiger partial charge >= 0.3 is 5.97 Å². The monoisotopic (exact) mass is 325 g/mol. The molecule has 106 valence electrons. The molecule has 0 radical (unpaired) electrons. The summed E-state index contributed by atoms with van der Waals surface area (Å²) in [6.45, 7) is 0. The number of hydrogen-bond donors (Lipinski definition) is 2. The van der Waals surface area contributed by atoms with Crippen molar-refractivity contribution < 1.29 is 23.1 Å². The van der Waals surface area contributed by atoms with Crippen molar-refractivity contribution in [3.8, 4) is 5.69 Å². The van der Waals surface area contributed by atoms with Crippen LogP contribution in [0.15, 0.2) is 6.20 Å². The van der Waals surface area contributed by atoms with Gasteiger partial charge in [0.05, 0.1) is 6.20 Å². The van der Waals surface area contributed by atoms with E-state index in [1.165, 1.54) is 0 Å². The second kappa shape index (κ2) is 4.88. The van der Waals surface area contributed by atoms with Crippen molar-refractivity contribution in [3.05, 3.63) is 39.3 Å². The van der Waals surface area contributed by atoms with Crippen molar-refractivity contribution in [2.45, 2.75) is 0 Å². The molecular weight excluding hydrogens is 322 g/mol. The lowest BCUT2D eigenvalue weighted by molar-refractivity contribution is 0.0698.